The van der Waals surface area contributed by atoms with E-state index in [2.05, 4.69) is 4.90 Å². The van der Waals surface area contributed by atoms with Gasteiger partial charge >= 0.3 is 0 Å². The van der Waals surface area contributed by atoms with Crippen LogP contribution in [-0.4, -0.2) is 35.5 Å². The number of fused-ring (bicyclic) bond motifs is 2. The van der Waals surface area contributed by atoms with Crippen LogP contribution in [0.2, 0.25) is 0 Å². The molecule has 3 atom stereocenters. The first-order valence-electron chi connectivity index (χ1n) is 8.27. The number of primary amides is 1. The maximum absolute atomic E-state index is 11.9. The summed E-state index contributed by atoms with van der Waals surface area (Å²) >= 11 is 0. The number of hydrogen-bond donors (Lipinski definition) is 2. The first kappa shape index (κ1) is 14.7. The second kappa shape index (κ2) is 5.35. The van der Waals surface area contributed by atoms with Crippen molar-refractivity contribution in [2.45, 2.75) is 25.4 Å². The number of rotatable bonds is 4. The highest BCUT2D eigenvalue weighted by molar-refractivity contribution is 5.82. The quantitative estimate of drug-likeness (QED) is 0.905. The van der Waals surface area contributed by atoms with Crippen LogP contribution in [0.1, 0.15) is 31.1 Å². The third-order valence-corrected chi connectivity index (χ3v) is 5.64. The van der Waals surface area contributed by atoms with Crippen molar-refractivity contribution in [1.82, 2.24) is 4.90 Å². The fraction of sp³-hybridized carbons (Fsp3) is 0.500. The van der Waals surface area contributed by atoms with E-state index in [1.54, 1.807) is 0 Å². The Morgan fingerprint density at radius 1 is 1.48 bits per heavy atom. The number of nitrogens with two attached hydrogens (primary N) is 1. The topological polar surface area (TPSA) is 79.7 Å². The lowest BCUT2D eigenvalue weighted by Crippen LogP contribution is -2.41. The van der Waals surface area contributed by atoms with E-state index in [1.807, 2.05) is 30.3 Å². The predicted molar refractivity (Wildman–Crippen MR) is 86.6 cm³/mol. The summed E-state index contributed by atoms with van der Waals surface area (Å²) < 4.78 is 5.74. The molecule has 1 aliphatic heterocycles. The highest BCUT2D eigenvalue weighted by Crippen LogP contribution is 2.48. The minimum absolute atomic E-state index is 0.180. The van der Waals surface area contributed by atoms with Gasteiger partial charge in [0, 0.05) is 25.0 Å². The molecule has 1 aromatic carbocycles. The van der Waals surface area contributed by atoms with Gasteiger partial charge in [-0.25, -0.2) is 0 Å². The molecule has 1 saturated heterocycles. The largest absolute Gasteiger partial charge is 0.458 e. The van der Waals surface area contributed by atoms with Crippen LogP contribution in [0.3, 0.4) is 0 Å². The molecule has 5 nitrogen and oxygen atoms in total. The second-order valence-electron chi connectivity index (χ2n) is 7.01. The number of amides is 1. The van der Waals surface area contributed by atoms with Crippen molar-refractivity contribution in [3.63, 3.8) is 0 Å². The van der Waals surface area contributed by atoms with E-state index >= 15 is 0 Å². The molecule has 1 amide bonds. The summed E-state index contributed by atoms with van der Waals surface area (Å²) in [4.78, 5) is 14.1. The molecule has 5 heteroatoms. The van der Waals surface area contributed by atoms with Crippen LogP contribution in [0, 0.1) is 11.3 Å². The zero-order chi connectivity index (χ0) is 16.0. The van der Waals surface area contributed by atoms with E-state index in [0.717, 1.165) is 36.8 Å². The van der Waals surface area contributed by atoms with Gasteiger partial charge < -0.3 is 15.3 Å². The minimum Gasteiger partial charge on any atom is -0.458 e. The molecule has 122 valence electrons. The first-order chi connectivity index (χ1) is 11.1. The summed E-state index contributed by atoms with van der Waals surface area (Å²) in [7, 11) is 0. The van der Waals surface area contributed by atoms with Crippen molar-refractivity contribution in [2.24, 2.45) is 17.1 Å². The Bertz CT molecular complexity index is 708. The van der Waals surface area contributed by atoms with Crippen molar-refractivity contribution >= 4 is 16.9 Å². The average molecular weight is 314 g/mol. The maximum atomic E-state index is 11.9. The molecule has 0 unspecified atom stereocenters. The van der Waals surface area contributed by atoms with E-state index in [4.69, 9.17) is 10.2 Å². The Morgan fingerprint density at radius 3 is 3.04 bits per heavy atom. The standard InChI is InChI=1S/C18H22N2O3/c19-17(22)18-7-3-5-13(18)9-20(11-18)10-14(21)16-8-12-4-1-2-6-15(12)23-16/h1-2,4,6,8,13-14,21H,3,5,7,9-11H2,(H2,19,22)/t13-,14+,18-/m0/s1. The monoisotopic (exact) mass is 314 g/mol. The van der Waals surface area contributed by atoms with E-state index < -0.39 is 6.10 Å². The highest BCUT2D eigenvalue weighted by Gasteiger charge is 2.53. The molecular weight excluding hydrogens is 292 g/mol. The number of aliphatic hydroxyl groups is 1. The molecule has 1 saturated carbocycles. The third kappa shape index (κ3) is 2.35. The van der Waals surface area contributed by atoms with Gasteiger partial charge in [0.2, 0.25) is 5.91 Å². The van der Waals surface area contributed by atoms with E-state index in [9.17, 15) is 9.90 Å². The lowest BCUT2D eigenvalue weighted by molar-refractivity contribution is -0.128. The second-order valence-corrected chi connectivity index (χ2v) is 7.01. The lowest BCUT2D eigenvalue weighted by Gasteiger charge is -2.25. The van der Waals surface area contributed by atoms with Gasteiger partial charge in [-0.15, -0.1) is 0 Å². The molecule has 0 radical (unpaired) electrons. The lowest BCUT2D eigenvalue weighted by atomic mass is 9.80. The summed E-state index contributed by atoms with van der Waals surface area (Å²) in [6, 6.07) is 9.62. The number of carbonyl (C=O) groups excluding carboxylic acids is 1. The predicted octanol–water partition coefficient (Wildman–Crippen LogP) is 2.05. The van der Waals surface area contributed by atoms with Crippen LogP contribution in [0.25, 0.3) is 11.0 Å². The normalized spacial score (nSPS) is 29.0. The van der Waals surface area contributed by atoms with Crippen LogP contribution in [0.15, 0.2) is 34.7 Å². The first-order valence-corrected chi connectivity index (χ1v) is 8.27. The molecular formula is C18H22N2O3. The number of carbonyl (C=O) groups is 1. The van der Waals surface area contributed by atoms with E-state index in [1.165, 1.54) is 0 Å². The molecule has 3 N–H and O–H groups in total. The molecule has 1 aliphatic carbocycles. The van der Waals surface area contributed by atoms with Crippen LogP contribution in [0.4, 0.5) is 0 Å². The molecule has 2 heterocycles. The number of furan rings is 1. The molecule has 1 aromatic heterocycles. The Labute approximate surface area is 135 Å². The Morgan fingerprint density at radius 2 is 2.30 bits per heavy atom. The van der Waals surface area contributed by atoms with Crippen LogP contribution in [0.5, 0.6) is 0 Å². The molecule has 2 fully saturated rings. The summed E-state index contributed by atoms with van der Waals surface area (Å²) in [6.45, 7) is 1.97. The van der Waals surface area contributed by atoms with Gasteiger partial charge in [0.05, 0.1) is 5.41 Å². The average Bonchev–Trinajstić information content (AvgIpc) is 3.18. The van der Waals surface area contributed by atoms with Crippen molar-refractivity contribution < 1.29 is 14.3 Å². The molecule has 4 rings (SSSR count). The van der Waals surface area contributed by atoms with Gasteiger partial charge in [0.1, 0.15) is 17.4 Å². The van der Waals surface area contributed by atoms with E-state index in [0.29, 0.717) is 24.8 Å². The number of likely N-dealkylation sites (tertiary alicyclic amines) is 1. The van der Waals surface area contributed by atoms with Gasteiger partial charge in [0.15, 0.2) is 0 Å². The zero-order valence-corrected chi connectivity index (χ0v) is 13.1. The number of benzene rings is 1. The molecule has 0 bridgehead atoms. The number of β-amino-alcohol motifs (C(OH)–C–C–N with tert-alkyl or cyclic N) is 1. The Kier molecular flexibility index (Phi) is 3.43. The van der Waals surface area contributed by atoms with Crippen LogP contribution in [-0.2, 0) is 4.79 Å². The highest BCUT2D eigenvalue weighted by atomic mass is 16.4. The number of hydrogen-bond acceptors (Lipinski definition) is 4. The third-order valence-electron chi connectivity index (χ3n) is 5.64. The molecule has 2 aromatic rings. The minimum atomic E-state index is -0.689. The summed E-state index contributed by atoms with van der Waals surface area (Å²) in [5.41, 5.74) is 6.09. The van der Waals surface area contributed by atoms with Crippen molar-refractivity contribution in [3.05, 3.63) is 36.1 Å². The van der Waals surface area contributed by atoms with Gasteiger partial charge in [-0.05, 0) is 30.9 Å². The van der Waals surface area contributed by atoms with Crippen LogP contribution >= 0.6 is 0 Å². The van der Waals surface area contributed by atoms with Gasteiger partial charge in [-0.3, -0.25) is 9.69 Å². The zero-order valence-electron chi connectivity index (χ0n) is 13.1. The summed E-state index contributed by atoms with van der Waals surface area (Å²) in [6.07, 6.45) is 2.32. The van der Waals surface area contributed by atoms with Gasteiger partial charge in [0.25, 0.3) is 0 Å². The van der Waals surface area contributed by atoms with Crippen molar-refractivity contribution in [3.8, 4) is 0 Å². The van der Waals surface area contributed by atoms with Crippen LogP contribution < -0.4 is 5.73 Å². The SMILES string of the molecule is NC(=O)[C@]12CCC[C@H]1CN(C[C@@H](O)c1cc3ccccc3o1)C2. The summed E-state index contributed by atoms with van der Waals surface area (Å²) in [5, 5.41) is 11.5. The van der Waals surface area contributed by atoms with Crippen molar-refractivity contribution in [1.29, 1.82) is 0 Å². The number of para-hydroxylation sites is 1. The number of aliphatic hydroxyl groups excluding tert-OH is 1. The summed E-state index contributed by atoms with van der Waals surface area (Å²) in [5.74, 6) is 0.736. The smallest absolute Gasteiger partial charge is 0.225 e. The maximum Gasteiger partial charge on any atom is 0.225 e. The number of nitrogens with zero attached hydrogens (tertiary/aromatic N) is 1. The van der Waals surface area contributed by atoms with Gasteiger partial charge in [-0.2, -0.15) is 0 Å². The fourth-order valence-corrected chi connectivity index (χ4v) is 4.44. The molecule has 0 spiro atoms. The fourth-order valence-electron chi connectivity index (χ4n) is 4.44. The van der Waals surface area contributed by atoms with Crippen molar-refractivity contribution in [2.75, 3.05) is 19.6 Å². The van der Waals surface area contributed by atoms with Gasteiger partial charge in [-0.1, -0.05) is 24.6 Å². The molecule has 2 aliphatic rings. The Hall–Kier alpha value is -1.85. The van der Waals surface area contributed by atoms with E-state index in [-0.39, 0.29) is 11.3 Å². The Balaban J connectivity index is 1.49. The molecule has 23 heavy (non-hydrogen) atoms.